The highest BCUT2D eigenvalue weighted by atomic mass is 16.6. The van der Waals surface area contributed by atoms with Crippen molar-refractivity contribution in [3.63, 3.8) is 0 Å². The molecule has 9 nitrogen and oxygen atoms in total. The lowest BCUT2D eigenvalue weighted by molar-refractivity contribution is -0.385. The Hall–Kier alpha value is -2.97. The summed E-state index contributed by atoms with van der Waals surface area (Å²) in [6.45, 7) is 5.97. The van der Waals surface area contributed by atoms with Gasteiger partial charge in [0.15, 0.2) is 0 Å². The molecular weight excluding hydrogens is 288 g/mol. The number of carbonyl (C=O) groups excluding carboxylic acids is 1. The number of hydrogen-bond donors (Lipinski definition) is 2. The minimum Gasteiger partial charge on any atom is -0.365 e. The van der Waals surface area contributed by atoms with Gasteiger partial charge in [0.1, 0.15) is 12.0 Å². The molecule has 0 aliphatic carbocycles. The summed E-state index contributed by atoms with van der Waals surface area (Å²) in [4.78, 5) is 25.4. The van der Waals surface area contributed by atoms with Crippen LogP contribution in [0.3, 0.4) is 0 Å². The largest absolute Gasteiger partial charge is 0.365 e. The first-order valence-corrected chi connectivity index (χ1v) is 6.45. The summed E-state index contributed by atoms with van der Waals surface area (Å²) < 4.78 is 1.74. The Morgan fingerprint density at radius 3 is 2.59 bits per heavy atom. The molecule has 0 unspecified atom stereocenters. The summed E-state index contributed by atoms with van der Waals surface area (Å²) in [6, 6.07) is 1.09. The van der Waals surface area contributed by atoms with Gasteiger partial charge in [-0.25, -0.2) is 4.98 Å². The second-order valence-corrected chi connectivity index (χ2v) is 5.68. The van der Waals surface area contributed by atoms with E-state index in [1.54, 1.807) is 17.1 Å². The number of nitrogens with one attached hydrogen (secondary N) is 1. The maximum atomic E-state index is 11.5. The van der Waals surface area contributed by atoms with Gasteiger partial charge >= 0.3 is 0 Å². The van der Waals surface area contributed by atoms with Crippen LogP contribution in [0.15, 0.2) is 24.7 Å². The molecular formula is C13H16N6O3. The molecule has 0 saturated carbocycles. The van der Waals surface area contributed by atoms with Crippen LogP contribution in [0.4, 0.5) is 17.2 Å². The van der Waals surface area contributed by atoms with Gasteiger partial charge in [-0.15, -0.1) is 0 Å². The van der Waals surface area contributed by atoms with Gasteiger partial charge in [0.05, 0.1) is 27.9 Å². The predicted molar refractivity (Wildman–Crippen MR) is 79.9 cm³/mol. The van der Waals surface area contributed by atoms with Crippen LogP contribution in [0.25, 0.3) is 0 Å². The monoisotopic (exact) mass is 304 g/mol. The summed E-state index contributed by atoms with van der Waals surface area (Å²) in [5.41, 5.74) is 5.29. The number of nitro groups is 1. The highest BCUT2D eigenvalue weighted by molar-refractivity contribution is 5.98. The van der Waals surface area contributed by atoms with E-state index in [0.29, 0.717) is 5.69 Å². The SMILES string of the molecule is CC(C)(C)n1cc(Nc2ncc([N+](=O)[O-])cc2C(N)=O)cn1. The number of primary amides is 1. The van der Waals surface area contributed by atoms with Gasteiger partial charge in [-0.1, -0.05) is 0 Å². The van der Waals surface area contributed by atoms with Crippen LogP contribution >= 0.6 is 0 Å². The summed E-state index contributed by atoms with van der Waals surface area (Å²) in [5.74, 6) is -0.659. The van der Waals surface area contributed by atoms with E-state index >= 15 is 0 Å². The van der Waals surface area contributed by atoms with Crippen molar-refractivity contribution in [2.45, 2.75) is 26.3 Å². The fourth-order valence-electron chi connectivity index (χ4n) is 1.73. The van der Waals surface area contributed by atoms with Crippen molar-refractivity contribution in [3.05, 3.63) is 40.3 Å². The second kappa shape index (κ2) is 5.43. The Kier molecular flexibility index (Phi) is 3.81. The third-order valence-electron chi connectivity index (χ3n) is 2.88. The van der Waals surface area contributed by atoms with Crippen LogP contribution in [0.1, 0.15) is 31.1 Å². The van der Waals surface area contributed by atoms with Gasteiger partial charge in [-0.05, 0) is 20.8 Å². The molecule has 0 aliphatic heterocycles. The van der Waals surface area contributed by atoms with Crippen molar-refractivity contribution in [2.24, 2.45) is 5.73 Å². The molecule has 0 aromatic carbocycles. The molecule has 0 spiro atoms. The average Bonchev–Trinajstić information content (AvgIpc) is 2.87. The van der Waals surface area contributed by atoms with Gasteiger partial charge in [0, 0.05) is 12.3 Å². The van der Waals surface area contributed by atoms with Crippen molar-refractivity contribution < 1.29 is 9.72 Å². The molecule has 0 saturated heterocycles. The highest BCUT2D eigenvalue weighted by Gasteiger charge is 2.18. The lowest BCUT2D eigenvalue weighted by atomic mass is 10.1. The van der Waals surface area contributed by atoms with Gasteiger partial charge in [-0.2, -0.15) is 5.10 Å². The van der Waals surface area contributed by atoms with Crippen molar-refractivity contribution in [1.29, 1.82) is 0 Å². The number of pyridine rings is 1. The van der Waals surface area contributed by atoms with Crippen molar-refractivity contribution >= 4 is 23.1 Å². The summed E-state index contributed by atoms with van der Waals surface area (Å²) in [5, 5.41) is 17.8. The van der Waals surface area contributed by atoms with Crippen molar-refractivity contribution in [3.8, 4) is 0 Å². The van der Waals surface area contributed by atoms with E-state index in [0.717, 1.165) is 12.3 Å². The summed E-state index contributed by atoms with van der Waals surface area (Å²) in [6.07, 6.45) is 4.37. The number of nitrogens with zero attached hydrogens (tertiary/aromatic N) is 4. The molecule has 0 radical (unpaired) electrons. The molecule has 0 aliphatic rings. The zero-order chi connectivity index (χ0) is 16.5. The first-order valence-electron chi connectivity index (χ1n) is 6.45. The van der Waals surface area contributed by atoms with E-state index in [-0.39, 0.29) is 22.6 Å². The average molecular weight is 304 g/mol. The van der Waals surface area contributed by atoms with Crippen LogP contribution in [-0.4, -0.2) is 25.6 Å². The lowest BCUT2D eigenvalue weighted by Crippen LogP contribution is -2.21. The molecule has 116 valence electrons. The molecule has 0 bridgehead atoms. The van der Waals surface area contributed by atoms with Gasteiger partial charge in [-0.3, -0.25) is 19.6 Å². The normalized spacial score (nSPS) is 11.2. The van der Waals surface area contributed by atoms with E-state index in [1.807, 2.05) is 20.8 Å². The Morgan fingerprint density at radius 2 is 2.09 bits per heavy atom. The Morgan fingerprint density at radius 1 is 1.41 bits per heavy atom. The maximum absolute atomic E-state index is 11.5. The first kappa shape index (κ1) is 15.4. The quantitative estimate of drug-likeness (QED) is 0.654. The van der Waals surface area contributed by atoms with Gasteiger partial charge < -0.3 is 11.1 Å². The minimum atomic E-state index is -0.804. The second-order valence-electron chi connectivity index (χ2n) is 5.68. The van der Waals surface area contributed by atoms with Crippen LogP contribution in [-0.2, 0) is 5.54 Å². The number of anilines is 2. The van der Waals surface area contributed by atoms with E-state index in [9.17, 15) is 14.9 Å². The smallest absolute Gasteiger partial charge is 0.288 e. The zero-order valence-corrected chi connectivity index (χ0v) is 12.4. The molecule has 3 N–H and O–H groups in total. The highest BCUT2D eigenvalue weighted by Crippen LogP contribution is 2.23. The number of carbonyl (C=O) groups is 1. The first-order chi connectivity index (χ1) is 10.2. The minimum absolute atomic E-state index is 0.0577. The molecule has 2 aromatic heterocycles. The summed E-state index contributed by atoms with van der Waals surface area (Å²) in [7, 11) is 0. The van der Waals surface area contributed by atoms with E-state index in [1.165, 1.54) is 0 Å². The molecule has 1 amide bonds. The maximum Gasteiger partial charge on any atom is 0.288 e. The lowest BCUT2D eigenvalue weighted by Gasteiger charge is -2.18. The fraction of sp³-hybridized carbons (Fsp3) is 0.308. The van der Waals surface area contributed by atoms with Crippen molar-refractivity contribution in [1.82, 2.24) is 14.8 Å². The topological polar surface area (TPSA) is 129 Å². The standard InChI is InChI=1S/C13H16N6O3/c1-13(2,3)18-7-8(5-16-18)17-12-10(11(14)20)4-9(6-15-12)19(21)22/h4-7H,1-3H3,(H2,14,20)(H,15,17). The van der Waals surface area contributed by atoms with Crippen LogP contribution in [0.2, 0.25) is 0 Å². The van der Waals surface area contributed by atoms with E-state index < -0.39 is 10.8 Å². The Bertz CT molecular complexity index is 732. The Balaban J connectivity index is 2.35. The van der Waals surface area contributed by atoms with Crippen LogP contribution < -0.4 is 11.1 Å². The molecule has 2 heterocycles. The number of rotatable bonds is 4. The molecule has 0 fully saturated rings. The third-order valence-corrected chi connectivity index (χ3v) is 2.88. The molecule has 2 rings (SSSR count). The zero-order valence-electron chi connectivity index (χ0n) is 12.4. The molecule has 22 heavy (non-hydrogen) atoms. The number of aromatic nitrogens is 3. The van der Waals surface area contributed by atoms with E-state index in [4.69, 9.17) is 5.73 Å². The van der Waals surface area contributed by atoms with Crippen molar-refractivity contribution in [2.75, 3.05) is 5.32 Å². The van der Waals surface area contributed by atoms with E-state index in [2.05, 4.69) is 15.4 Å². The third kappa shape index (κ3) is 3.19. The number of amides is 1. The van der Waals surface area contributed by atoms with Crippen LogP contribution in [0, 0.1) is 10.1 Å². The molecule has 9 heteroatoms. The predicted octanol–water partition coefficient (Wildman–Crippen LogP) is 1.78. The van der Waals surface area contributed by atoms with Gasteiger partial charge in [0.2, 0.25) is 0 Å². The van der Waals surface area contributed by atoms with Crippen LogP contribution in [0.5, 0.6) is 0 Å². The fourth-order valence-corrected chi connectivity index (χ4v) is 1.73. The summed E-state index contributed by atoms with van der Waals surface area (Å²) >= 11 is 0. The number of nitrogens with two attached hydrogens (primary N) is 1. The molecule has 0 atom stereocenters. The van der Waals surface area contributed by atoms with Gasteiger partial charge in [0.25, 0.3) is 11.6 Å². The number of hydrogen-bond acceptors (Lipinski definition) is 6. The Labute approximate surface area is 126 Å². The molecule has 2 aromatic rings.